The second-order valence-corrected chi connectivity index (χ2v) is 10.1. The summed E-state index contributed by atoms with van der Waals surface area (Å²) in [7, 11) is 3.65. The Kier molecular flexibility index (Phi) is 7.24. The van der Waals surface area contributed by atoms with Crippen LogP contribution < -0.4 is 15.5 Å². The predicted octanol–water partition coefficient (Wildman–Crippen LogP) is 4.54. The van der Waals surface area contributed by atoms with Crippen LogP contribution in [-0.4, -0.2) is 46.2 Å². The van der Waals surface area contributed by atoms with Gasteiger partial charge in [0.05, 0.1) is 29.5 Å². The van der Waals surface area contributed by atoms with Crippen molar-refractivity contribution in [3.05, 3.63) is 77.6 Å². The molecule has 0 saturated carbocycles. The predicted molar refractivity (Wildman–Crippen MR) is 150 cm³/mol. The number of likely N-dealkylation sites (N-methyl/N-ethyl adjacent to an activating group) is 1. The Bertz CT molecular complexity index is 1490. The highest BCUT2D eigenvalue weighted by atomic mass is 16.2. The first kappa shape index (κ1) is 25.6. The van der Waals surface area contributed by atoms with Crippen molar-refractivity contribution in [1.82, 2.24) is 25.4 Å². The van der Waals surface area contributed by atoms with Gasteiger partial charge in [0.25, 0.3) is 5.91 Å². The number of aryl methyl sites for hydroxylation is 2. The van der Waals surface area contributed by atoms with Crippen molar-refractivity contribution in [1.29, 1.82) is 0 Å². The van der Waals surface area contributed by atoms with E-state index in [2.05, 4.69) is 15.7 Å². The SMILES string of the molecule is Cc1ccc(N(C)C(=O)[C@H]2CCCCN2)cc1C(=O)N[C@H](C)c1cc(-c2cnn(C)c2)nc2ccccc12. The molecule has 0 bridgehead atoms. The molecule has 2 aromatic carbocycles. The maximum absolute atomic E-state index is 13.5. The highest BCUT2D eigenvalue weighted by Crippen LogP contribution is 2.29. The van der Waals surface area contributed by atoms with Gasteiger partial charge in [0, 0.05) is 42.5 Å². The van der Waals surface area contributed by atoms with Crippen LogP contribution in [0.25, 0.3) is 22.2 Å². The summed E-state index contributed by atoms with van der Waals surface area (Å²) in [5, 5.41) is 11.8. The van der Waals surface area contributed by atoms with E-state index in [0.717, 1.165) is 59.1 Å². The molecule has 2 atom stereocenters. The van der Waals surface area contributed by atoms with Gasteiger partial charge >= 0.3 is 0 Å². The molecule has 2 aromatic heterocycles. The van der Waals surface area contributed by atoms with Crippen molar-refractivity contribution in [3.8, 4) is 11.3 Å². The van der Waals surface area contributed by atoms with Crippen LogP contribution in [-0.2, 0) is 11.8 Å². The number of piperidine rings is 1. The van der Waals surface area contributed by atoms with Gasteiger partial charge in [0.2, 0.25) is 5.91 Å². The summed E-state index contributed by atoms with van der Waals surface area (Å²) >= 11 is 0. The van der Waals surface area contributed by atoms with Gasteiger partial charge in [-0.1, -0.05) is 30.7 Å². The fraction of sp³-hybridized carbons (Fsp3) is 0.333. The third-order valence-electron chi connectivity index (χ3n) is 7.35. The molecule has 8 heteroatoms. The molecule has 2 amide bonds. The maximum atomic E-state index is 13.5. The van der Waals surface area contributed by atoms with Crippen LogP contribution in [0.5, 0.6) is 0 Å². The zero-order chi connectivity index (χ0) is 26.8. The van der Waals surface area contributed by atoms with Crippen LogP contribution in [0.2, 0.25) is 0 Å². The molecule has 1 saturated heterocycles. The summed E-state index contributed by atoms with van der Waals surface area (Å²) in [5.41, 5.74) is 5.68. The number of aromatic nitrogens is 3. The van der Waals surface area contributed by atoms with E-state index in [0.29, 0.717) is 11.3 Å². The molecule has 1 aliphatic heterocycles. The van der Waals surface area contributed by atoms with Crippen molar-refractivity contribution >= 4 is 28.4 Å². The second kappa shape index (κ2) is 10.8. The molecule has 2 N–H and O–H groups in total. The number of benzene rings is 2. The van der Waals surface area contributed by atoms with E-state index < -0.39 is 0 Å². The van der Waals surface area contributed by atoms with E-state index in [1.165, 1.54) is 0 Å². The topological polar surface area (TPSA) is 92.2 Å². The van der Waals surface area contributed by atoms with Crippen molar-refractivity contribution in [2.45, 2.75) is 45.2 Å². The molecular weight excluding hydrogens is 476 g/mol. The average molecular weight is 511 g/mol. The van der Waals surface area contributed by atoms with Gasteiger partial charge in [-0.3, -0.25) is 14.3 Å². The number of hydrogen-bond donors (Lipinski definition) is 2. The van der Waals surface area contributed by atoms with Gasteiger partial charge in [-0.2, -0.15) is 5.10 Å². The third-order valence-corrected chi connectivity index (χ3v) is 7.35. The van der Waals surface area contributed by atoms with Crippen molar-refractivity contribution in [2.24, 2.45) is 7.05 Å². The normalized spacial score (nSPS) is 16.3. The first-order valence-corrected chi connectivity index (χ1v) is 13.1. The molecule has 0 spiro atoms. The summed E-state index contributed by atoms with van der Waals surface area (Å²) in [6.07, 6.45) is 6.69. The molecule has 1 fully saturated rings. The van der Waals surface area contributed by atoms with Crippen LogP contribution >= 0.6 is 0 Å². The Morgan fingerprint density at radius 3 is 2.71 bits per heavy atom. The lowest BCUT2D eigenvalue weighted by atomic mass is 9.99. The van der Waals surface area contributed by atoms with Gasteiger partial charge in [-0.15, -0.1) is 0 Å². The first-order valence-electron chi connectivity index (χ1n) is 13.1. The summed E-state index contributed by atoms with van der Waals surface area (Å²) < 4.78 is 1.75. The minimum Gasteiger partial charge on any atom is -0.345 e. The van der Waals surface area contributed by atoms with Gasteiger partial charge in [-0.05, 0) is 68.6 Å². The lowest BCUT2D eigenvalue weighted by Gasteiger charge is -2.28. The summed E-state index contributed by atoms with van der Waals surface area (Å²) in [4.78, 5) is 33.1. The third kappa shape index (κ3) is 5.17. The molecule has 196 valence electrons. The Morgan fingerprint density at radius 1 is 1.16 bits per heavy atom. The van der Waals surface area contributed by atoms with Crippen LogP contribution in [0.15, 0.2) is 60.9 Å². The highest BCUT2D eigenvalue weighted by Gasteiger charge is 2.25. The molecule has 3 heterocycles. The van der Waals surface area contributed by atoms with Gasteiger partial charge in [-0.25, -0.2) is 4.98 Å². The minimum absolute atomic E-state index is 0.0273. The monoisotopic (exact) mass is 510 g/mol. The fourth-order valence-electron chi connectivity index (χ4n) is 5.10. The van der Waals surface area contributed by atoms with E-state index in [1.54, 1.807) is 22.8 Å². The number of nitrogens with zero attached hydrogens (tertiary/aromatic N) is 4. The van der Waals surface area contributed by atoms with Gasteiger partial charge < -0.3 is 15.5 Å². The zero-order valence-electron chi connectivity index (χ0n) is 22.4. The molecule has 4 aromatic rings. The van der Waals surface area contributed by atoms with Crippen LogP contribution in [0, 0.1) is 6.92 Å². The molecule has 1 aliphatic rings. The molecule has 8 nitrogen and oxygen atoms in total. The number of anilines is 1. The number of hydrogen-bond acceptors (Lipinski definition) is 5. The Morgan fingerprint density at radius 2 is 1.97 bits per heavy atom. The number of nitrogens with one attached hydrogen (secondary N) is 2. The smallest absolute Gasteiger partial charge is 0.252 e. The quantitative estimate of drug-likeness (QED) is 0.397. The minimum atomic E-state index is -0.278. The molecule has 5 rings (SSSR count). The lowest BCUT2D eigenvalue weighted by Crippen LogP contribution is -2.47. The zero-order valence-corrected chi connectivity index (χ0v) is 22.4. The van der Waals surface area contributed by atoms with Crippen LogP contribution in [0.1, 0.15) is 53.7 Å². The molecular formula is C30H34N6O2. The fourth-order valence-corrected chi connectivity index (χ4v) is 5.10. The van der Waals surface area contributed by atoms with Crippen LogP contribution in [0.4, 0.5) is 5.69 Å². The molecule has 0 aliphatic carbocycles. The standard InChI is InChI=1S/C30H34N6O2/c1-19-12-13-22(36(4)30(38)27-11-7-8-14-31-27)15-24(19)29(37)33-20(2)25-16-28(21-17-32-35(3)18-21)34-26-10-6-5-9-23(25)26/h5-6,9-10,12-13,15-18,20,27,31H,7-8,11,14H2,1-4H3,(H,33,37)/t20-,27-/m1/s1. The highest BCUT2D eigenvalue weighted by molar-refractivity contribution is 6.00. The second-order valence-electron chi connectivity index (χ2n) is 10.1. The lowest BCUT2D eigenvalue weighted by molar-refractivity contribution is -0.120. The number of rotatable bonds is 6. The number of pyridine rings is 1. The largest absolute Gasteiger partial charge is 0.345 e. The Hall–Kier alpha value is -4.04. The number of para-hydroxylation sites is 1. The van der Waals surface area contributed by atoms with E-state index in [4.69, 9.17) is 4.98 Å². The van der Waals surface area contributed by atoms with E-state index in [9.17, 15) is 9.59 Å². The van der Waals surface area contributed by atoms with Crippen molar-refractivity contribution in [2.75, 3.05) is 18.5 Å². The van der Waals surface area contributed by atoms with E-state index >= 15 is 0 Å². The Labute approximate surface area is 223 Å². The number of carbonyl (C=O) groups excluding carboxylic acids is 2. The van der Waals surface area contributed by atoms with E-state index in [1.807, 2.05) is 75.6 Å². The molecule has 38 heavy (non-hydrogen) atoms. The number of carbonyl (C=O) groups is 2. The maximum Gasteiger partial charge on any atom is 0.252 e. The van der Waals surface area contributed by atoms with Gasteiger partial charge in [0.1, 0.15) is 0 Å². The van der Waals surface area contributed by atoms with E-state index in [-0.39, 0.29) is 23.9 Å². The molecule has 0 radical (unpaired) electrons. The first-order chi connectivity index (χ1) is 18.3. The number of amides is 2. The summed E-state index contributed by atoms with van der Waals surface area (Å²) in [6.45, 7) is 4.75. The van der Waals surface area contributed by atoms with Gasteiger partial charge in [0.15, 0.2) is 0 Å². The molecule has 0 unspecified atom stereocenters. The van der Waals surface area contributed by atoms with Crippen LogP contribution in [0.3, 0.4) is 0 Å². The number of fused-ring (bicyclic) bond motifs is 1. The van der Waals surface area contributed by atoms with Crippen molar-refractivity contribution in [3.63, 3.8) is 0 Å². The summed E-state index contributed by atoms with van der Waals surface area (Å²) in [5.74, 6) is -0.156. The summed E-state index contributed by atoms with van der Waals surface area (Å²) in [6, 6.07) is 15.1. The average Bonchev–Trinajstić information content (AvgIpc) is 3.38. The Balaban J connectivity index is 1.41. The van der Waals surface area contributed by atoms with Crippen molar-refractivity contribution < 1.29 is 9.59 Å².